The van der Waals surface area contributed by atoms with Gasteiger partial charge in [-0.2, -0.15) is 5.10 Å². The Kier molecular flexibility index (Phi) is 2.77. The summed E-state index contributed by atoms with van der Waals surface area (Å²) in [5.41, 5.74) is 3.39. The average molecular weight is 279 g/mol. The number of imidazole rings is 1. The van der Waals surface area contributed by atoms with E-state index in [1.807, 2.05) is 36.1 Å². The van der Waals surface area contributed by atoms with Crippen molar-refractivity contribution < 1.29 is 0 Å². The molecule has 0 spiro atoms. The Balaban J connectivity index is 1.76. The molecule has 0 radical (unpaired) electrons. The summed E-state index contributed by atoms with van der Waals surface area (Å²) in [6, 6.07) is 10.6. The summed E-state index contributed by atoms with van der Waals surface area (Å²) in [5.74, 6) is 0.939. The Morgan fingerprint density at radius 3 is 2.81 bits per heavy atom. The number of hydrogen-bond donors (Lipinski definition) is 1. The van der Waals surface area contributed by atoms with E-state index < -0.39 is 0 Å². The van der Waals surface area contributed by atoms with E-state index >= 15 is 0 Å². The minimum absolute atomic E-state index is 0.305. The number of hydrogen-bond acceptors (Lipinski definition) is 3. The fourth-order valence-electron chi connectivity index (χ4n) is 2.91. The van der Waals surface area contributed by atoms with Crippen LogP contribution in [-0.4, -0.2) is 25.9 Å². The van der Waals surface area contributed by atoms with Crippen molar-refractivity contribution in [2.45, 2.75) is 12.5 Å². The van der Waals surface area contributed by atoms with Gasteiger partial charge in [-0.3, -0.25) is 4.68 Å². The van der Waals surface area contributed by atoms with Crippen LogP contribution in [0.1, 0.15) is 18.0 Å². The molecule has 3 aromatic rings. The summed E-state index contributed by atoms with van der Waals surface area (Å²) in [7, 11) is 1.95. The average Bonchev–Trinajstić information content (AvgIpc) is 3.14. The van der Waals surface area contributed by atoms with E-state index in [1.165, 1.54) is 5.56 Å². The molecule has 106 valence electrons. The summed E-state index contributed by atoms with van der Waals surface area (Å²) >= 11 is 0. The highest BCUT2D eigenvalue weighted by Gasteiger charge is 2.24. The van der Waals surface area contributed by atoms with Gasteiger partial charge >= 0.3 is 0 Å². The number of anilines is 1. The SMILES string of the molecule is Cn1cc(C2CCNc3nc(-c4ccccc4)cn32)cn1. The number of benzene rings is 1. The fourth-order valence-corrected chi connectivity index (χ4v) is 2.91. The molecule has 3 heterocycles. The minimum atomic E-state index is 0.305. The Bertz CT molecular complexity index is 756. The molecule has 1 unspecified atom stereocenters. The van der Waals surface area contributed by atoms with Crippen LogP contribution in [0.15, 0.2) is 48.9 Å². The number of nitrogens with zero attached hydrogens (tertiary/aromatic N) is 4. The predicted molar refractivity (Wildman–Crippen MR) is 82.1 cm³/mol. The van der Waals surface area contributed by atoms with Gasteiger partial charge < -0.3 is 9.88 Å². The van der Waals surface area contributed by atoms with E-state index in [-0.39, 0.29) is 0 Å². The predicted octanol–water partition coefficient (Wildman–Crippen LogP) is 2.69. The molecule has 0 aliphatic carbocycles. The van der Waals surface area contributed by atoms with Crippen molar-refractivity contribution in [1.29, 1.82) is 0 Å². The maximum absolute atomic E-state index is 4.73. The Hall–Kier alpha value is -2.56. The number of nitrogens with one attached hydrogen (secondary N) is 1. The zero-order valence-electron chi connectivity index (χ0n) is 11.9. The fraction of sp³-hybridized carbons (Fsp3) is 0.250. The highest BCUT2D eigenvalue weighted by Crippen LogP contribution is 2.32. The van der Waals surface area contributed by atoms with E-state index in [0.29, 0.717) is 6.04 Å². The lowest BCUT2D eigenvalue weighted by Gasteiger charge is -2.25. The van der Waals surface area contributed by atoms with Crippen LogP contribution in [0.5, 0.6) is 0 Å². The monoisotopic (exact) mass is 279 g/mol. The minimum Gasteiger partial charge on any atom is -0.356 e. The van der Waals surface area contributed by atoms with Crippen LogP contribution in [0.2, 0.25) is 0 Å². The Morgan fingerprint density at radius 1 is 1.19 bits per heavy atom. The van der Waals surface area contributed by atoms with E-state index in [0.717, 1.165) is 30.2 Å². The molecule has 1 atom stereocenters. The first-order valence-corrected chi connectivity index (χ1v) is 7.18. The van der Waals surface area contributed by atoms with E-state index in [9.17, 15) is 0 Å². The molecular weight excluding hydrogens is 262 g/mol. The Morgan fingerprint density at radius 2 is 2.05 bits per heavy atom. The maximum atomic E-state index is 4.73. The van der Waals surface area contributed by atoms with E-state index in [4.69, 9.17) is 4.98 Å². The van der Waals surface area contributed by atoms with Crippen molar-refractivity contribution in [3.63, 3.8) is 0 Å². The third-order valence-corrected chi connectivity index (χ3v) is 3.95. The van der Waals surface area contributed by atoms with Gasteiger partial charge in [0.05, 0.1) is 17.9 Å². The second-order valence-electron chi connectivity index (χ2n) is 5.40. The summed E-state index contributed by atoms with van der Waals surface area (Å²) in [5, 5.41) is 7.68. The normalized spacial score (nSPS) is 17.3. The number of fused-ring (bicyclic) bond motifs is 1. The third kappa shape index (κ3) is 2.11. The van der Waals surface area contributed by atoms with Crippen molar-refractivity contribution in [2.24, 2.45) is 7.05 Å². The van der Waals surface area contributed by atoms with Crippen molar-refractivity contribution >= 4 is 5.95 Å². The number of rotatable bonds is 2. The molecule has 0 saturated heterocycles. The second kappa shape index (κ2) is 4.77. The van der Waals surface area contributed by atoms with Gasteiger partial charge in [-0.05, 0) is 6.42 Å². The maximum Gasteiger partial charge on any atom is 0.203 e. The molecule has 0 amide bonds. The molecule has 1 N–H and O–H groups in total. The molecule has 1 aliphatic rings. The molecule has 0 fully saturated rings. The first-order chi connectivity index (χ1) is 10.3. The van der Waals surface area contributed by atoms with Gasteiger partial charge in [-0.15, -0.1) is 0 Å². The van der Waals surface area contributed by atoms with Gasteiger partial charge in [0.25, 0.3) is 0 Å². The van der Waals surface area contributed by atoms with Crippen LogP contribution < -0.4 is 5.32 Å². The molecule has 2 aromatic heterocycles. The number of aryl methyl sites for hydroxylation is 1. The quantitative estimate of drug-likeness (QED) is 0.784. The van der Waals surface area contributed by atoms with Gasteiger partial charge in [0.2, 0.25) is 5.95 Å². The van der Waals surface area contributed by atoms with Crippen LogP contribution in [0, 0.1) is 0 Å². The van der Waals surface area contributed by atoms with Crippen LogP contribution in [0.3, 0.4) is 0 Å². The van der Waals surface area contributed by atoms with Crippen LogP contribution in [-0.2, 0) is 7.05 Å². The van der Waals surface area contributed by atoms with Crippen LogP contribution in [0.25, 0.3) is 11.3 Å². The molecule has 4 rings (SSSR count). The largest absolute Gasteiger partial charge is 0.356 e. The lowest BCUT2D eigenvalue weighted by molar-refractivity contribution is 0.530. The van der Waals surface area contributed by atoms with Crippen molar-refractivity contribution in [3.05, 3.63) is 54.5 Å². The Labute approximate surface area is 123 Å². The molecule has 5 heteroatoms. The highest BCUT2D eigenvalue weighted by molar-refractivity contribution is 5.61. The highest BCUT2D eigenvalue weighted by atomic mass is 15.3. The van der Waals surface area contributed by atoms with Crippen molar-refractivity contribution in [3.8, 4) is 11.3 Å². The van der Waals surface area contributed by atoms with Gasteiger partial charge in [-0.25, -0.2) is 4.98 Å². The third-order valence-electron chi connectivity index (χ3n) is 3.95. The van der Waals surface area contributed by atoms with Crippen molar-refractivity contribution in [1.82, 2.24) is 19.3 Å². The van der Waals surface area contributed by atoms with E-state index in [2.05, 4.69) is 39.5 Å². The van der Waals surface area contributed by atoms with E-state index in [1.54, 1.807) is 0 Å². The number of aromatic nitrogens is 4. The first-order valence-electron chi connectivity index (χ1n) is 7.18. The smallest absolute Gasteiger partial charge is 0.203 e. The topological polar surface area (TPSA) is 47.7 Å². The lowest BCUT2D eigenvalue weighted by Crippen LogP contribution is -2.23. The van der Waals surface area contributed by atoms with Gasteiger partial charge in [0, 0.05) is 37.1 Å². The van der Waals surface area contributed by atoms with Gasteiger partial charge in [0.1, 0.15) is 0 Å². The molecule has 1 aromatic carbocycles. The summed E-state index contributed by atoms with van der Waals surface area (Å²) in [6.45, 7) is 0.935. The van der Waals surface area contributed by atoms with Crippen LogP contribution >= 0.6 is 0 Å². The molecule has 0 saturated carbocycles. The standard InChI is InChI=1S/C16H17N5/c1-20-10-13(9-18-20)15-7-8-17-16-19-14(11-21(15)16)12-5-3-2-4-6-12/h2-6,9-11,15H,7-8H2,1H3,(H,17,19). The zero-order valence-corrected chi connectivity index (χ0v) is 11.9. The van der Waals surface area contributed by atoms with Crippen LogP contribution in [0.4, 0.5) is 5.95 Å². The zero-order chi connectivity index (χ0) is 14.2. The second-order valence-corrected chi connectivity index (χ2v) is 5.40. The van der Waals surface area contributed by atoms with Gasteiger partial charge in [-0.1, -0.05) is 30.3 Å². The molecule has 0 bridgehead atoms. The summed E-state index contributed by atoms with van der Waals surface area (Å²) in [6.07, 6.45) is 7.21. The molecule has 5 nitrogen and oxygen atoms in total. The molecule has 1 aliphatic heterocycles. The van der Waals surface area contributed by atoms with Crippen molar-refractivity contribution in [2.75, 3.05) is 11.9 Å². The first kappa shape index (κ1) is 12.2. The molecular formula is C16H17N5. The summed E-state index contributed by atoms with van der Waals surface area (Å²) in [4.78, 5) is 4.73. The molecule has 21 heavy (non-hydrogen) atoms. The summed E-state index contributed by atoms with van der Waals surface area (Å²) < 4.78 is 4.08. The van der Waals surface area contributed by atoms with Gasteiger partial charge in [0.15, 0.2) is 0 Å². The lowest BCUT2D eigenvalue weighted by atomic mass is 10.1.